The van der Waals surface area contributed by atoms with Gasteiger partial charge in [-0.05, 0) is 49.8 Å². The van der Waals surface area contributed by atoms with Crippen molar-refractivity contribution < 1.29 is 0 Å². The molecule has 0 aliphatic rings. The Labute approximate surface area is 151 Å². The van der Waals surface area contributed by atoms with Crippen molar-refractivity contribution in [1.82, 2.24) is 20.4 Å². The number of rotatable bonds is 8. The van der Waals surface area contributed by atoms with E-state index in [0.717, 1.165) is 50.6 Å². The Hall–Kier alpha value is -2.30. The SMILES string of the molecule is CCNC(=NCCCc1cn[nH]c1C)N(C)Cc1ccc(CC)cc1. The molecule has 0 spiro atoms. The number of H-pyrrole nitrogens is 1. The number of hydrogen-bond donors (Lipinski definition) is 2. The monoisotopic (exact) mass is 341 g/mol. The highest BCUT2D eigenvalue weighted by Gasteiger charge is 2.07. The topological polar surface area (TPSA) is 56.3 Å². The molecule has 0 bridgehead atoms. The molecule has 1 aromatic heterocycles. The molecule has 1 aromatic carbocycles. The van der Waals surface area contributed by atoms with E-state index in [1.54, 1.807) is 0 Å². The summed E-state index contributed by atoms with van der Waals surface area (Å²) < 4.78 is 0. The Bertz CT molecular complexity index is 657. The molecule has 0 amide bonds. The van der Waals surface area contributed by atoms with Crippen molar-refractivity contribution in [2.75, 3.05) is 20.1 Å². The molecule has 0 saturated heterocycles. The number of nitrogens with one attached hydrogen (secondary N) is 2. The molecule has 0 saturated carbocycles. The first-order valence-electron chi connectivity index (χ1n) is 9.20. The zero-order valence-corrected chi connectivity index (χ0v) is 16.0. The van der Waals surface area contributed by atoms with Crippen LogP contribution in [0.5, 0.6) is 0 Å². The van der Waals surface area contributed by atoms with Crippen LogP contribution in [0.15, 0.2) is 35.5 Å². The quantitative estimate of drug-likeness (QED) is 0.440. The molecule has 0 radical (unpaired) electrons. The fourth-order valence-electron chi connectivity index (χ4n) is 2.78. The Balaban J connectivity index is 1.89. The van der Waals surface area contributed by atoms with Gasteiger partial charge in [0.1, 0.15) is 0 Å². The zero-order valence-electron chi connectivity index (χ0n) is 16.0. The van der Waals surface area contributed by atoms with Gasteiger partial charge < -0.3 is 10.2 Å². The highest BCUT2D eigenvalue weighted by Crippen LogP contribution is 2.08. The van der Waals surface area contributed by atoms with E-state index >= 15 is 0 Å². The van der Waals surface area contributed by atoms with Crippen molar-refractivity contribution in [1.29, 1.82) is 0 Å². The van der Waals surface area contributed by atoms with E-state index in [9.17, 15) is 0 Å². The van der Waals surface area contributed by atoms with Crippen LogP contribution in [-0.2, 0) is 19.4 Å². The second kappa shape index (κ2) is 9.87. The van der Waals surface area contributed by atoms with Gasteiger partial charge in [-0.15, -0.1) is 0 Å². The first-order chi connectivity index (χ1) is 12.1. The third kappa shape index (κ3) is 5.93. The molecular formula is C20H31N5. The lowest BCUT2D eigenvalue weighted by Crippen LogP contribution is -2.38. The number of aryl methyl sites for hydroxylation is 3. The summed E-state index contributed by atoms with van der Waals surface area (Å²) in [5, 5.41) is 10.4. The summed E-state index contributed by atoms with van der Waals surface area (Å²) in [6.07, 6.45) is 5.02. The standard InChI is InChI=1S/C20H31N5/c1-5-17-9-11-18(12-10-17)15-25(4)20(21-6-2)22-13-7-8-19-14-23-24-16(19)3/h9-12,14H,5-8,13,15H2,1-4H3,(H,21,22)(H,23,24). The van der Waals surface area contributed by atoms with Gasteiger partial charge in [0, 0.05) is 32.4 Å². The lowest BCUT2D eigenvalue weighted by atomic mass is 10.1. The van der Waals surface area contributed by atoms with Crippen LogP contribution in [0.2, 0.25) is 0 Å². The van der Waals surface area contributed by atoms with Crippen LogP contribution in [0, 0.1) is 6.92 Å². The Morgan fingerprint density at radius 2 is 1.92 bits per heavy atom. The van der Waals surface area contributed by atoms with Gasteiger partial charge in [-0.2, -0.15) is 5.10 Å². The summed E-state index contributed by atoms with van der Waals surface area (Å²) in [7, 11) is 2.09. The van der Waals surface area contributed by atoms with Crippen molar-refractivity contribution in [3.8, 4) is 0 Å². The first-order valence-corrected chi connectivity index (χ1v) is 9.20. The Morgan fingerprint density at radius 1 is 1.20 bits per heavy atom. The number of hydrogen-bond acceptors (Lipinski definition) is 2. The predicted molar refractivity (Wildman–Crippen MR) is 105 cm³/mol. The lowest BCUT2D eigenvalue weighted by molar-refractivity contribution is 0.476. The lowest BCUT2D eigenvalue weighted by Gasteiger charge is -2.22. The van der Waals surface area contributed by atoms with Crippen molar-refractivity contribution in [3.63, 3.8) is 0 Å². The van der Waals surface area contributed by atoms with Crippen molar-refractivity contribution >= 4 is 5.96 Å². The molecule has 0 aliphatic heterocycles. The van der Waals surface area contributed by atoms with Crippen LogP contribution in [0.4, 0.5) is 0 Å². The smallest absolute Gasteiger partial charge is 0.193 e. The average Bonchev–Trinajstić information content (AvgIpc) is 3.03. The van der Waals surface area contributed by atoms with E-state index in [0.29, 0.717) is 0 Å². The van der Waals surface area contributed by atoms with E-state index in [1.807, 2.05) is 6.20 Å². The minimum absolute atomic E-state index is 0.812. The molecule has 136 valence electrons. The first kappa shape index (κ1) is 19.0. The highest BCUT2D eigenvalue weighted by atomic mass is 15.3. The molecule has 2 N–H and O–H groups in total. The Kier molecular flexibility index (Phi) is 7.51. The maximum Gasteiger partial charge on any atom is 0.193 e. The van der Waals surface area contributed by atoms with Gasteiger partial charge in [-0.1, -0.05) is 31.2 Å². The van der Waals surface area contributed by atoms with Gasteiger partial charge in [0.2, 0.25) is 0 Å². The molecule has 0 atom stereocenters. The van der Waals surface area contributed by atoms with Gasteiger partial charge >= 0.3 is 0 Å². The minimum atomic E-state index is 0.812. The van der Waals surface area contributed by atoms with Gasteiger partial charge in [-0.3, -0.25) is 10.1 Å². The van der Waals surface area contributed by atoms with E-state index in [-0.39, 0.29) is 0 Å². The summed E-state index contributed by atoms with van der Waals surface area (Å²) >= 11 is 0. The molecule has 0 aliphatic carbocycles. The molecule has 0 unspecified atom stereocenters. The van der Waals surface area contributed by atoms with Crippen LogP contribution >= 0.6 is 0 Å². The number of aromatic amines is 1. The molecule has 25 heavy (non-hydrogen) atoms. The normalized spacial score (nSPS) is 11.6. The van der Waals surface area contributed by atoms with E-state index < -0.39 is 0 Å². The van der Waals surface area contributed by atoms with Gasteiger partial charge in [0.05, 0.1) is 6.20 Å². The third-order valence-electron chi connectivity index (χ3n) is 4.35. The molecule has 0 fully saturated rings. The van der Waals surface area contributed by atoms with Crippen molar-refractivity contribution in [2.24, 2.45) is 4.99 Å². The number of benzene rings is 1. The van der Waals surface area contributed by atoms with Crippen LogP contribution < -0.4 is 5.32 Å². The highest BCUT2D eigenvalue weighted by molar-refractivity contribution is 5.79. The summed E-state index contributed by atoms with van der Waals surface area (Å²) in [4.78, 5) is 6.96. The van der Waals surface area contributed by atoms with Gasteiger partial charge in [-0.25, -0.2) is 0 Å². The molecule has 5 heteroatoms. The maximum atomic E-state index is 4.77. The van der Waals surface area contributed by atoms with Crippen LogP contribution in [0.3, 0.4) is 0 Å². The van der Waals surface area contributed by atoms with E-state index in [1.165, 1.54) is 16.7 Å². The predicted octanol–water partition coefficient (Wildman–Crippen LogP) is 3.31. The molecule has 2 rings (SSSR count). The minimum Gasteiger partial charge on any atom is -0.357 e. The van der Waals surface area contributed by atoms with Crippen LogP contribution in [0.1, 0.15) is 42.7 Å². The van der Waals surface area contributed by atoms with Gasteiger partial charge in [0.25, 0.3) is 0 Å². The summed E-state index contributed by atoms with van der Waals surface area (Å²) in [6.45, 7) is 8.89. The molecule has 1 heterocycles. The second-order valence-corrected chi connectivity index (χ2v) is 6.39. The van der Waals surface area contributed by atoms with Crippen LogP contribution in [-0.4, -0.2) is 41.2 Å². The second-order valence-electron chi connectivity index (χ2n) is 6.39. The average molecular weight is 342 g/mol. The third-order valence-corrected chi connectivity index (χ3v) is 4.35. The number of guanidine groups is 1. The van der Waals surface area contributed by atoms with E-state index in [4.69, 9.17) is 4.99 Å². The molecule has 5 nitrogen and oxygen atoms in total. The fourth-order valence-corrected chi connectivity index (χ4v) is 2.78. The maximum absolute atomic E-state index is 4.77. The van der Waals surface area contributed by atoms with E-state index in [2.05, 4.69) is 72.5 Å². The van der Waals surface area contributed by atoms with Crippen molar-refractivity contribution in [3.05, 3.63) is 52.8 Å². The van der Waals surface area contributed by atoms with Gasteiger partial charge in [0.15, 0.2) is 5.96 Å². The summed E-state index contributed by atoms with van der Waals surface area (Å²) in [6, 6.07) is 8.84. The molecular weight excluding hydrogens is 310 g/mol. The summed E-state index contributed by atoms with van der Waals surface area (Å²) in [5.41, 5.74) is 5.12. The number of nitrogens with zero attached hydrogens (tertiary/aromatic N) is 3. The van der Waals surface area contributed by atoms with Crippen LogP contribution in [0.25, 0.3) is 0 Å². The Morgan fingerprint density at radius 3 is 2.52 bits per heavy atom. The largest absolute Gasteiger partial charge is 0.357 e. The summed E-state index contributed by atoms with van der Waals surface area (Å²) in [5.74, 6) is 0.964. The van der Waals surface area contributed by atoms with Crippen molar-refractivity contribution in [2.45, 2.75) is 46.6 Å². The zero-order chi connectivity index (χ0) is 18.1. The number of aliphatic imine (C=N–C) groups is 1. The fraction of sp³-hybridized carbons (Fsp3) is 0.500. The number of aromatic nitrogens is 2. The molecule has 2 aromatic rings.